The number of anilines is 1. The predicted molar refractivity (Wildman–Crippen MR) is 135 cm³/mol. The lowest BCUT2D eigenvalue weighted by Gasteiger charge is -2.29. The first kappa shape index (κ1) is 25.6. The van der Waals surface area contributed by atoms with Gasteiger partial charge in [0.25, 0.3) is 5.91 Å². The van der Waals surface area contributed by atoms with Crippen LogP contribution in [0.3, 0.4) is 0 Å². The Hall–Kier alpha value is -2.04. The molecule has 2 aromatic carbocycles. The van der Waals surface area contributed by atoms with Gasteiger partial charge in [-0.25, -0.2) is 13.4 Å². The monoisotopic (exact) mass is 509 g/mol. The first-order valence-electron chi connectivity index (χ1n) is 10.5. The van der Waals surface area contributed by atoms with Gasteiger partial charge in [0.1, 0.15) is 5.52 Å². The average molecular weight is 510 g/mol. The zero-order valence-electron chi connectivity index (χ0n) is 18.9. The van der Waals surface area contributed by atoms with E-state index in [0.717, 1.165) is 28.9 Å². The van der Waals surface area contributed by atoms with Crippen LogP contribution in [0.1, 0.15) is 21.5 Å². The number of para-hydroxylation sites is 1. The number of hydrogen-bond donors (Lipinski definition) is 0. The normalized spacial score (nSPS) is 14.8. The third kappa shape index (κ3) is 5.73. The molecule has 33 heavy (non-hydrogen) atoms. The quantitative estimate of drug-likeness (QED) is 0.504. The predicted octanol–water partition coefficient (Wildman–Crippen LogP) is 3.72. The van der Waals surface area contributed by atoms with Gasteiger partial charge in [-0.15, -0.1) is 12.4 Å². The molecule has 4 rings (SSSR count). The van der Waals surface area contributed by atoms with Gasteiger partial charge in [0.05, 0.1) is 22.8 Å². The zero-order chi connectivity index (χ0) is 22.9. The van der Waals surface area contributed by atoms with Gasteiger partial charge >= 0.3 is 0 Å². The van der Waals surface area contributed by atoms with Crippen molar-refractivity contribution >= 4 is 54.8 Å². The number of aromatic nitrogens is 1. The highest BCUT2D eigenvalue weighted by Crippen LogP contribution is 2.33. The largest absolute Gasteiger partial charge is 0.379 e. The highest BCUT2D eigenvalue weighted by molar-refractivity contribution is 7.91. The van der Waals surface area contributed by atoms with Crippen LogP contribution in [-0.2, 0) is 14.6 Å². The van der Waals surface area contributed by atoms with E-state index in [2.05, 4.69) is 9.88 Å². The van der Waals surface area contributed by atoms with Crippen molar-refractivity contribution in [3.63, 3.8) is 0 Å². The second-order valence-electron chi connectivity index (χ2n) is 8.08. The Morgan fingerprint density at radius 1 is 1.15 bits per heavy atom. The van der Waals surface area contributed by atoms with Gasteiger partial charge in [0.15, 0.2) is 15.0 Å². The molecule has 0 aliphatic carbocycles. The van der Waals surface area contributed by atoms with E-state index >= 15 is 0 Å². The Labute approximate surface area is 204 Å². The molecule has 0 saturated carbocycles. The number of sulfone groups is 1. The maximum atomic E-state index is 13.6. The summed E-state index contributed by atoms with van der Waals surface area (Å²) in [6.07, 6.45) is 1.18. The second-order valence-corrected chi connectivity index (χ2v) is 11.1. The first-order chi connectivity index (χ1) is 15.2. The van der Waals surface area contributed by atoms with E-state index in [9.17, 15) is 13.2 Å². The number of benzene rings is 2. The van der Waals surface area contributed by atoms with Crippen molar-refractivity contribution in [1.82, 2.24) is 9.88 Å². The van der Waals surface area contributed by atoms with Crippen LogP contribution in [0.5, 0.6) is 0 Å². The number of hydrogen-bond acceptors (Lipinski definition) is 7. The molecule has 1 aromatic heterocycles. The molecular weight excluding hydrogens is 482 g/mol. The molecule has 1 fully saturated rings. The number of nitrogens with zero attached hydrogens (tertiary/aromatic N) is 3. The van der Waals surface area contributed by atoms with Gasteiger partial charge < -0.3 is 4.74 Å². The average Bonchev–Trinajstić information content (AvgIpc) is 3.19. The molecule has 0 spiro atoms. The summed E-state index contributed by atoms with van der Waals surface area (Å²) < 4.78 is 30.7. The fourth-order valence-corrected chi connectivity index (χ4v) is 5.62. The summed E-state index contributed by atoms with van der Waals surface area (Å²) in [7, 11) is -3.44. The fourth-order valence-electron chi connectivity index (χ4n) is 3.71. The van der Waals surface area contributed by atoms with Crippen LogP contribution in [0, 0.1) is 13.8 Å². The van der Waals surface area contributed by atoms with Crippen LogP contribution < -0.4 is 4.90 Å². The molecule has 0 radical (unpaired) electrons. The minimum absolute atomic E-state index is 0. The van der Waals surface area contributed by atoms with E-state index < -0.39 is 9.84 Å². The van der Waals surface area contributed by atoms with E-state index in [1.165, 1.54) is 17.6 Å². The van der Waals surface area contributed by atoms with Crippen molar-refractivity contribution in [2.75, 3.05) is 50.5 Å². The first-order valence-corrected chi connectivity index (χ1v) is 13.2. The van der Waals surface area contributed by atoms with Crippen LogP contribution in [0.2, 0.25) is 0 Å². The number of fused-ring (bicyclic) bond motifs is 1. The lowest BCUT2D eigenvalue weighted by atomic mass is 10.1. The molecule has 178 valence electrons. The maximum Gasteiger partial charge on any atom is 0.260 e. The highest BCUT2D eigenvalue weighted by atomic mass is 35.5. The Bertz CT molecular complexity index is 1250. The number of aryl methyl sites for hydroxylation is 2. The molecule has 1 amide bonds. The second kappa shape index (κ2) is 10.5. The summed E-state index contributed by atoms with van der Waals surface area (Å²) in [4.78, 5) is 22.3. The molecule has 0 bridgehead atoms. The smallest absolute Gasteiger partial charge is 0.260 e. The number of carbonyl (C=O) groups excluding carboxylic acids is 1. The lowest BCUT2D eigenvalue weighted by molar-refractivity contribution is 0.0391. The Morgan fingerprint density at radius 2 is 1.88 bits per heavy atom. The standard InChI is InChI=1S/C23H27N3O4S2.ClH/c1-16-7-8-18(15-17(16)2)22(27)26(10-9-25-11-13-30-14-12-25)23-24-21-19(31-23)5-4-6-20(21)32(3,28)29;/h4-8,15H,9-14H2,1-3H3;1H. The minimum Gasteiger partial charge on any atom is -0.379 e. The number of rotatable bonds is 6. The van der Waals surface area contributed by atoms with E-state index in [1.807, 2.05) is 38.1 Å². The van der Waals surface area contributed by atoms with Crippen molar-refractivity contribution in [2.24, 2.45) is 0 Å². The Morgan fingerprint density at radius 3 is 2.55 bits per heavy atom. The molecule has 7 nitrogen and oxygen atoms in total. The zero-order valence-corrected chi connectivity index (χ0v) is 21.4. The third-order valence-electron chi connectivity index (χ3n) is 5.74. The summed E-state index contributed by atoms with van der Waals surface area (Å²) >= 11 is 1.34. The molecule has 1 aliphatic heterocycles. The van der Waals surface area contributed by atoms with Crippen LogP contribution >= 0.6 is 23.7 Å². The summed E-state index contributed by atoms with van der Waals surface area (Å²) in [5, 5.41) is 0.507. The van der Waals surface area contributed by atoms with Gasteiger partial charge in [-0.3, -0.25) is 14.6 Å². The third-order valence-corrected chi connectivity index (χ3v) is 7.92. The van der Waals surface area contributed by atoms with Gasteiger partial charge in [-0.05, 0) is 49.2 Å². The van der Waals surface area contributed by atoms with Gasteiger partial charge in [0, 0.05) is 38.0 Å². The summed E-state index contributed by atoms with van der Waals surface area (Å²) in [6, 6.07) is 10.8. The number of amides is 1. The van der Waals surface area contributed by atoms with Crippen LogP contribution in [0.4, 0.5) is 5.13 Å². The molecular formula is C23H28ClN3O4S2. The summed E-state index contributed by atoms with van der Waals surface area (Å²) in [5.41, 5.74) is 3.18. The molecule has 1 aliphatic rings. The van der Waals surface area contributed by atoms with Gasteiger partial charge in [-0.2, -0.15) is 0 Å². The van der Waals surface area contributed by atoms with Crippen molar-refractivity contribution in [2.45, 2.75) is 18.7 Å². The van der Waals surface area contributed by atoms with E-state index in [-0.39, 0.29) is 23.2 Å². The van der Waals surface area contributed by atoms with E-state index in [0.29, 0.717) is 42.5 Å². The Balaban J connectivity index is 0.00000306. The highest BCUT2D eigenvalue weighted by Gasteiger charge is 2.25. The molecule has 0 unspecified atom stereocenters. The molecule has 2 heterocycles. The SMILES string of the molecule is Cc1ccc(C(=O)N(CCN2CCOCC2)c2nc3c(S(C)(=O)=O)cccc3s2)cc1C.Cl. The fraction of sp³-hybridized carbons (Fsp3) is 0.391. The summed E-state index contributed by atoms with van der Waals surface area (Å²) in [5.74, 6) is -0.138. The molecule has 0 N–H and O–H groups in total. The van der Waals surface area contributed by atoms with Crippen molar-refractivity contribution < 1.29 is 17.9 Å². The van der Waals surface area contributed by atoms with E-state index in [1.54, 1.807) is 17.0 Å². The van der Waals surface area contributed by atoms with Gasteiger partial charge in [0.2, 0.25) is 0 Å². The number of thiazole rings is 1. The number of morpholine rings is 1. The lowest BCUT2D eigenvalue weighted by Crippen LogP contribution is -2.43. The topological polar surface area (TPSA) is 79.8 Å². The van der Waals surface area contributed by atoms with Crippen LogP contribution in [-0.4, -0.2) is 69.9 Å². The minimum atomic E-state index is -3.44. The molecule has 3 aromatic rings. The Kier molecular flexibility index (Phi) is 8.13. The molecule has 1 saturated heterocycles. The maximum absolute atomic E-state index is 13.6. The molecule has 10 heteroatoms. The summed E-state index contributed by atoms with van der Waals surface area (Å²) in [6.45, 7) is 8.16. The van der Waals surface area contributed by atoms with Crippen molar-refractivity contribution in [3.8, 4) is 0 Å². The number of halogens is 1. The van der Waals surface area contributed by atoms with Crippen LogP contribution in [0.15, 0.2) is 41.3 Å². The van der Waals surface area contributed by atoms with Crippen molar-refractivity contribution in [1.29, 1.82) is 0 Å². The van der Waals surface area contributed by atoms with Crippen molar-refractivity contribution in [3.05, 3.63) is 53.1 Å². The molecule has 0 atom stereocenters. The van der Waals surface area contributed by atoms with Crippen LogP contribution in [0.25, 0.3) is 10.2 Å². The van der Waals surface area contributed by atoms with Gasteiger partial charge in [-0.1, -0.05) is 23.5 Å². The number of carbonyl (C=O) groups is 1. The van der Waals surface area contributed by atoms with E-state index in [4.69, 9.17) is 4.74 Å². The number of ether oxygens (including phenoxy) is 1.